The molecule has 4 fully saturated rings. The van der Waals surface area contributed by atoms with Crippen LogP contribution in [0.25, 0.3) is 32.9 Å². The van der Waals surface area contributed by atoms with Gasteiger partial charge in [0.15, 0.2) is 17.5 Å². The van der Waals surface area contributed by atoms with Crippen LogP contribution >= 0.6 is 0 Å². The van der Waals surface area contributed by atoms with E-state index in [1.165, 1.54) is 30.0 Å². The van der Waals surface area contributed by atoms with E-state index in [9.17, 15) is 14.3 Å². The summed E-state index contributed by atoms with van der Waals surface area (Å²) in [5.74, 6) is -2.25. The van der Waals surface area contributed by atoms with E-state index >= 15 is 8.78 Å². The molecule has 0 radical (unpaired) electrons. The van der Waals surface area contributed by atoms with Crippen LogP contribution < -0.4 is 14.4 Å². The van der Waals surface area contributed by atoms with Crippen molar-refractivity contribution in [2.75, 3.05) is 38.3 Å². The number of benzene rings is 3. The number of phenols is 1. The third kappa shape index (κ3) is 6.51. The van der Waals surface area contributed by atoms with E-state index in [0.717, 1.165) is 56.9 Å². The molecule has 1 N–H and O–H groups in total. The zero-order valence-electron chi connectivity index (χ0n) is 32.4. The summed E-state index contributed by atoms with van der Waals surface area (Å²) in [6.45, 7) is 7.53. The first-order valence-electron chi connectivity index (χ1n) is 19.6. The third-order valence-electron chi connectivity index (χ3n) is 12.2. The number of amides is 1. The summed E-state index contributed by atoms with van der Waals surface area (Å²) in [7, 11) is 1.65. The van der Waals surface area contributed by atoms with Gasteiger partial charge >= 0.3 is 12.1 Å². The number of hydrogen-bond acceptors (Lipinski definition) is 10. The SMILES string of the molecule is COc1ccc(C2CCC3(COc4nc(N5CC6CCC(C5)N6C(=O)OC(C)(C)C)c5cnc(-c6cc(O)cc7ccc(F)c(F)c67)c(F)c5n4)CCCN23)cc1. The number of nitrogens with zero attached hydrogens (tertiary/aromatic N) is 6. The maximum atomic E-state index is 17.1. The topological polar surface area (TPSA) is 113 Å². The molecule has 11 nitrogen and oxygen atoms in total. The number of aromatic nitrogens is 3. The number of rotatable bonds is 7. The van der Waals surface area contributed by atoms with Crippen LogP contribution in [-0.2, 0) is 4.74 Å². The Hall–Kier alpha value is -5.37. The summed E-state index contributed by atoms with van der Waals surface area (Å²) in [5, 5.41) is 10.8. The van der Waals surface area contributed by atoms with Crippen molar-refractivity contribution < 1.29 is 37.3 Å². The predicted octanol–water partition coefficient (Wildman–Crippen LogP) is 8.31. The number of carbonyl (C=O) groups is 1. The van der Waals surface area contributed by atoms with Gasteiger partial charge < -0.3 is 24.2 Å². The first-order chi connectivity index (χ1) is 27.3. The smallest absolute Gasteiger partial charge is 0.410 e. The molecule has 4 aliphatic rings. The predicted molar refractivity (Wildman–Crippen MR) is 208 cm³/mol. The van der Waals surface area contributed by atoms with Crippen molar-refractivity contribution in [3.05, 3.63) is 77.7 Å². The van der Waals surface area contributed by atoms with Gasteiger partial charge in [-0.2, -0.15) is 9.97 Å². The first-order valence-corrected chi connectivity index (χ1v) is 19.6. The highest BCUT2D eigenvalue weighted by atomic mass is 19.2. The van der Waals surface area contributed by atoms with Crippen molar-refractivity contribution in [2.45, 2.75) is 88.6 Å². The van der Waals surface area contributed by atoms with Gasteiger partial charge in [0.05, 0.1) is 30.1 Å². The number of pyridine rings is 1. The van der Waals surface area contributed by atoms with Gasteiger partial charge in [0, 0.05) is 36.3 Å². The van der Waals surface area contributed by atoms with Crippen LogP contribution in [-0.4, -0.2) is 92.5 Å². The number of phenolic OH excluding ortho intramolecular Hbond substituents is 1. The standard InChI is InChI=1S/C43H45F3N6O5/c1-42(2,3)57-41(54)52-26-9-10-27(52)22-50(21-26)39-31-20-47-37(30-19-28(53)18-25-8-13-32(44)35(45)34(25)30)36(46)38(31)48-40(49-39)56-23-43-15-5-17-51(43)33(14-16-43)24-6-11-29(55-4)12-7-24/h6-8,11-13,18-20,26-27,33,53H,5,9-10,14-17,21-23H2,1-4H3. The molecule has 14 heteroatoms. The fourth-order valence-electron chi connectivity index (χ4n) is 9.65. The maximum absolute atomic E-state index is 17.1. The lowest BCUT2D eigenvalue weighted by Crippen LogP contribution is -2.57. The van der Waals surface area contributed by atoms with Crippen LogP contribution in [0.5, 0.6) is 17.5 Å². The molecule has 1 amide bonds. The van der Waals surface area contributed by atoms with E-state index in [1.54, 1.807) is 7.11 Å². The Morgan fingerprint density at radius 1 is 0.965 bits per heavy atom. The zero-order chi connectivity index (χ0) is 39.8. The minimum absolute atomic E-state index is 0.0254. The minimum Gasteiger partial charge on any atom is -0.508 e. The van der Waals surface area contributed by atoms with Gasteiger partial charge in [-0.3, -0.25) is 14.8 Å². The van der Waals surface area contributed by atoms with Gasteiger partial charge in [-0.15, -0.1) is 0 Å². The van der Waals surface area contributed by atoms with Crippen molar-refractivity contribution in [2.24, 2.45) is 0 Å². The Bertz CT molecular complexity index is 2380. The second-order valence-electron chi connectivity index (χ2n) is 16.8. The summed E-state index contributed by atoms with van der Waals surface area (Å²) in [6.07, 6.45) is 6.37. The average molecular weight is 783 g/mol. The maximum Gasteiger partial charge on any atom is 0.410 e. The number of aromatic hydroxyl groups is 1. The number of fused-ring (bicyclic) bond motifs is 5. The highest BCUT2D eigenvalue weighted by molar-refractivity contribution is 6.00. The lowest BCUT2D eigenvalue weighted by Gasteiger charge is -2.42. The number of methoxy groups -OCH3 is 1. The summed E-state index contributed by atoms with van der Waals surface area (Å²) >= 11 is 0. The zero-order valence-corrected chi connectivity index (χ0v) is 32.4. The van der Waals surface area contributed by atoms with Gasteiger partial charge in [-0.05, 0) is 107 Å². The number of anilines is 1. The molecule has 4 aliphatic heterocycles. The van der Waals surface area contributed by atoms with E-state index in [4.69, 9.17) is 19.2 Å². The van der Waals surface area contributed by atoms with E-state index in [2.05, 4.69) is 27.0 Å². The van der Waals surface area contributed by atoms with Crippen LogP contribution in [0.2, 0.25) is 0 Å². The Morgan fingerprint density at radius 3 is 2.44 bits per heavy atom. The molecule has 4 saturated heterocycles. The summed E-state index contributed by atoms with van der Waals surface area (Å²) in [5.41, 5.74) is -0.256. The average Bonchev–Trinajstić information content (AvgIpc) is 3.84. The molecule has 3 aromatic carbocycles. The monoisotopic (exact) mass is 782 g/mol. The Kier molecular flexibility index (Phi) is 9.09. The van der Waals surface area contributed by atoms with Crippen molar-refractivity contribution in [3.8, 4) is 28.8 Å². The molecule has 57 heavy (non-hydrogen) atoms. The van der Waals surface area contributed by atoms with Crippen LogP contribution in [0.4, 0.5) is 23.8 Å². The lowest BCUT2D eigenvalue weighted by atomic mass is 9.95. The number of carbonyl (C=O) groups excluding carboxylic acids is 1. The van der Waals surface area contributed by atoms with Crippen molar-refractivity contribution in [1.29, 1.82) is 0 Å². The number of halogens is 3. The molecule has 0 aliphatic carbocycles. The van der Waals surface area contributed by atoms with E-state index in [1.807, 2.05) is 42.7 Å². The molecule has 4 atom stereocenters. The summed E-state index contributed by atoms with van der Waals surface area (Å²) in [4.78, 5) is 33.7. The molecule has 2 bridgehead atoms. The highest BCUT2D eigenvalue weighted by Gasteiger charge is 2.50. The Balaban J connectivity index is 1.10. The second-order valence-corrected chi connectivity index (χ2v) is 16.8. The Morgan fingerprint density at radius 2 is 1.72 bits per heavy atom. The molecule has 5 aromatic rings. The van der Waals surface area contributed by atoms with E-state index in [0.29, 0.717) is 24.3 Å². The van der Waals surface area contributed by atoms with Crippen molar-refractivity contribution in [3.63, 3.8) is 0 Å². The fraction of sp³-hybridized carbons (Fsp3) is 0.442. The van der Waals surface area contributed by atoms with Gasteiger partial charge in [0.2, 0.25) is 0 Å². The quantitative estimate of drug-likeness (QED) is 0.173. The molecular weight excluding hydrogens is 738 g/mol. The van der Waals surface area contributed by atoms with E-state index in [-0.39, 0.29) is 75.7 Å². The fourth-order valence-corrected chi connectivity index (χ4v) is 9.65. The summed E-state index contributed by atoms with van der Waals surface area (Å²) < 4.78 is 64.7. The van der Waals surface area contributed by atoms with Crippen molar-refractivity contribution in [1.82, 2.24) is 24.8 Å². The molecular formula is C43H45F3N6O5. The Labute approximate surface area is 328 Å². The first kappa shape index (κ1) is 37.2. The third-order valence-corrected chi connectivity index (χ3v) is 12.2. The number of ether oxygens (including phenoxy) is 3. The minimum atomic E-state index is -1.18. The lowest BCUT2D eigenvalue weighted by molar-refractivity contribution is 0.0122. The largest absolute Gasteiger partial charge is 0.508 e. The molecule has 6 heterocycles. The van der Waals surface area contributed by atoms with Crippen molar-refractivity contribution >= 4 is 33.6 Å². The number of hydrogen-bond donors (Lipinski definition) is 1. The van der Waals surface area contributed by atoms with Gasteiger partial charge in [-0.1, -0.05) is 18.2 Å². The summed E-state index contributed by atoms with van der Waals surface area (Å²) in [6, 6.07) is 12.8. The molecule has 0 spiro atoms. The normalized spacial score (nSPS) is 23.4. The highest BCUT2D eigenvalue weighted by Crippen LogP contribution is 2.49. The second kappa shape index (κ2) is 13.9. The van der Waals surface area contributed by atoms with Gasteiger partial charge in [-0.25, -0.2) is 18.0 Å². The van der Waals surface area contributed by atoms with Gasteiger partial charge in [0.25, 0.3) is 0 Å². The molecule has 4 unspecified atom stereocenters. The van der Waals surface area contributed by atoms with Crippen LogP contribution in [0, 0.1) is 17.5 Å². The molecule has 0 saturated carbocycles. The molecule has 2 aromatic heterocycles. The molecule has 298 valence electrons. The van der Waals surface area contributed by atoms with Gasteiger partial charge in [0.1, 0.15) is 40.7 Å². The van der Waals surface area contributed by atoms with E-state index < -0.39 is 23.1 Å². The van der Waals surface area contributed by atoms with Crippen LogP contribution in [0.3, 0.4) is 0 Å². The number of piperazine rings is 1. The molecule has 9 rings (SSSR count). The van der Waals surface area contributed by atoms with Crippen LogP contribution in [0.1, 0.15) is 70.9 Å². The van der Waals surface area contributed by atoms with Crippen LogP contribution in [0.15, 0.2) is 54.7 Å².